The third-order valence-corrected chi connectivity index (χ3v) is 2.33. The van der Waals surface area contributed by atoms with E-state index in [9.17, 15) is 9.59 Å². The first-order valence-electron chi connectivity index (χ1n) is 5.27. The minimum absolute atomic E-state index is 0.103. The van der Waals surface area contributed by atoms with Crippen LogP contribution in [-0.4, -0.2) is 65.3 Å². The lowest BCUT2D eigenvalue weighted by Crippen LogP contribution is -2.44. The minimum Gasteiger partial charge on any atom is -0.481 e. The molecule has 94 valence electrons. The lowest BCUT2D eigenvalue weighted by Gasteiger charge is -2.28. The molecule has 0 bridgehead atoms. The molecule has 6 nitrogen and oxygen atoms in total. The van der Waals surface area contributed by atoms with E-state index < -0.39 is 11.9 Å². The van der Waals surface area contributed by atoms with Crippen molar-refractivity contribution in [3.8, 4) is 0 Å². The molecular formula is C10H20N2O4. The van der Waals surface area contributed by atoms with Crippen LogP contribution >= 0.6 is 0 Å². The fourth-order valence-corrected chi connectivity index (χ4v) is 1.24. The van der Waals surface area contributed by atoms with Gasteiger partial charge < -0.3 is 20.0 Å². The van der Waals surface area contributed by atoms with Crippen LogP contribution in [0.25, 0.3) is 0 Å². The zero-order valence-electron chi connectivity index (χ0n) is 10.0. The van der Waals surface area contributed by atoms with E-state index in [1.165, 1.54) is 9.80 Å². The molecular weight excluding hydrogens is 212 g/mol. The summed E-state index contributed by atoms with van der Waals surface area (Å²) in [6, 6.07) is -0.260. The Balaban J connectivity index is 4.37. The molecule has 0 aromatic carbocycles. The Bertz CT molecular complexity index is 245. The number of likely N-dealkylation sites (N-methyl/N-ethyl adjacent to an activating group) is 1. The number of carboxylic acid groups (broad SMARTS) is 1. The Kier molecular flexibility index (Phi) is 6.48. The zero-order valence-corrected chi connectivity index (χ0v) is 10.0. The Hall–Kier alpha value is -1.30. The predicted octanol–water partition coefficient (Wildman–Crippen LogP) is 0.0731. The molecule has 16 heavy (non-hydrogen) atoms. The number of hydrogen-bond acceptors (Lipinski definition) is 3. The fourth-order valence-electron chi connectivity index (χ4n) is 1.24. The highest BCUT2D eigenvalue weighted by Gasteiger charge is 2.21. The van der Waals surface area contributed by atoms with Crippen LogP contribution in [0.1, 0.15) is 13.8 Å². The highest BCUT2D eigenvalue weighted by Crippen LogP contribution is 2.03. The van der Waals surface area contributed by atoms with Crippen LogP contribution in [-0.2, 0) is 4.79 Å². The van der Waals surface area contributed by atoms with Gasteiger partial charge in [-0.2, -0.15) is 0 Å². The standard InChI is InChI=1S/C10H20N2O4/c1-4-12(7-8(2)9(14)15)10(16)11(3)5-6-13/h8,13H,4-7H2,1-3H3,(H,14,15). The van der Waals surface area contributed by atoms with Crippen LogP contribution in [0.15, 0.2) is 0 Å². The summed E-state index contributed by atoms with van der Waals surface area (Å²) in [5.74, 6) is -1.51. The number of carboxylic acids is 1. The highest BCUT2D eigenvalue weighted by atomic mass is 16.4. The number of aliphatic hydroxyl groups is 1. The summed E-state index contributed by atoms with van der Waals surface area (Å²) in [5, 5.41) is 17.5. The summed E-state index contributed by atoms with van der Waals surface area (Å²) in [7, 11) is 1.58. The molecule has 0 radical (unpaired) electrons. The van der Waals surface area contributed by atoms with E-state index >= 15 is 0 Å². The zero-order chi connectivity index (χ0) is 12.7. The molecule has 0 aliphatic rings. The van der Waals surface area contributed by atoms with Gasteiger partial charge in [-0.15, -0.1) is 0 Å². The Morgan fingerprint density at radius 3 is 2.31 bits per heavy atom. The van der Waals surface area contributed by atoms with E-state index in [2.05, 4.69) is 0 Å². The largest absolute Gasteiger partial charge is 0.481 e. The van der Waals surface area contributed by atoms with Crippen molar-refractivity contribution in [2.24, 2.45) is 5.92 Å². The summed E-state index contributed by atoms with van der Waals surface area (Å²) < 4.78 is 0. The summed E-state index contributed by atoms with van der Waals surface area (Å²) in [5.41, 5.74) is 0. The van der Waals surface area contributed by atoms with Gasteiger partial charge in [0, 0.05) is 26.7 Å². The number of carbonyl (C=O) groups is 2. The predicted molar refractivity (Wildman–Crippen MR) is 59.2 cm³/mol. The van der Waals surface area contributed by atoms with Gasteiger partial charge in [0.25, 0.3) is 0 Å². The van der Waals surface area contributed by atoms with Crippen LogP contribution < -0.4 is 0 Å². The summed E-state index contributed by atoms with van der Waals surface area (Å²) >= 11 is 0. The lowest BCUT2D eigenvalue weighted by atomic mass is 10.2. The van der Waals surface area contributed by atoms with Gasteiger partial charge >= 0.3 is 12.0 Å². The topological polar surface area (TPSA) is 81.1 Å². The van der Waals surface area contributed by atoms with Crippen molar-refractivity contribution in [1.82, 2.24) is 9.80 Å². The number of aliphatic hydroxyl groups excluding tert-OH is 1. The first kappa shape index (κ1) is 14.7. The van der Waals surface area contributed by atoms with Gasteiger partial charge in [0.05, 0.1) is 12.5 Å². The number of nitrogens with zero attached hydrogens (tertiary/aromatic N) is 2. The van der Waals surface area contributed by atoms with E-state index in [0.717, 1.165) is 0 Å². The van der Waals surface area contributed by atoms with Crippen molar-refractivity contribution in [1.29, 1.82) is 0 Å². The molecule has 0 aliphatic carbocycles. The molecule has 1 atom stereocenters. The quantitative estimate of drug-likeness (QED) is 0.679. The number of carbonyl (C=O) groups excluding carboxylic acids is 1. The van der Waals surface area contributed by atoms with Crippen molar-refractivity contribution < 1.29 is 19.8 Å². The molecule has 1 unspecified atom stereocenters. The molecule has 0 rings (SSSR count). The molecule has 0 heterocycles. The molecule has 0 aromatic rings. The van der Waals surface area contributed by atoms with Crippen molar-refractivity contribution in [2.45, 2.75) is 13.8 Å². The molecule has 6 heteroatoms. The maximum Gasteiger partial charge on any atom is 0.319 e. The fraction of sp³-hybridized carbons (Fsp3) is 0.800. The van der Waals surface area contributed by atoms with Crippen molar-refractivity contribution >= 4 is 12.0 Å². The minimum atomic E-state index is -0.920. The van der Waals surface area contributed by atoms with Gasteiger partial charge in [0.15, 0.2) is 0 Å². The van der Waals surface area contributed by atoms with Gasteiger partial charge in [0.1, 0.15) is 0 Å². The number of hydrogen-bond donors (Lipinski definition) is 2. The van der Waals surface area contributed by atoms with E-state index in [0.29, 0.717) is 6.54 Å². The average Bonchev–Trinajstić information content (AvgIpc) is 2.24. The second-order valence-electron chi connectivity index (χ2n) is 3.71. The summed E-state index contributed by atoms with van der Waals surface area (Å²) in [6.45, 7) is 4.13. The van der Waals surface area contributed by atoms with Crippen LogP contribution in [0.2, 0.25) is 0 Å². The van der Waals surface area contributed by atoms with Gasteiger partial charge in [-0.25, -0.2) is 4.79 Å². The molecule has 0 saturated carbocycles. The Morgan fingerprint density at radius 1 is 1.38 bits per heavy atom. The highest BCUT2D eigenvalue weighted by molar-refractivity contribution is 5.75. The van der Waals surface area contributed by atoms with E-state index in [-0.39, 0.29) is 25.7 Å². The molecule has 2 amide bonds. The smallest absolute Gasteiger partial charge is 0.319 e. The van der Waals surface area contributed by atoms with Crippen LogP contribution in [0.5, 0.6) is 0 Å². The normalized spacial score (nSPS) is 12.0. The summed E-state index contributed by atoms with van der Waals surface area (Å²) in [6.07, 6.45) is 0. The van der Waals surface area contributed by atoms with Gasteiger partial charge in [-0.1, -0.05) is 6.92 Å². The third-order valence-electron chi connectivity index (χ3n) is 2.33. The number of aliphatic carboxylic acids is 1. The van der Waals surface area contributed by atoms with Crippen LogP contribution in [0.3, 0.4) is 0 Å². The lowest BCUT2D eigenvalue weighted by molar-refractivity contribution is -0.141. The molecule has 0 fully saturated rings. The maximum absolute atomic E-state index is 11.8. The van der Waals surface area contributed by atoms with Crippen LogP contribution in [0, 0.1) is 5.92 Å². The summed E-state index contributed by atoms with van der Waals surface area (Å²) in [4.78, 5) is 25.3. The molecule has 0 spiro atoms. The maximum atomic E-state index is 11.8. The number of amides is 2. The number of urea groups is 1. The van der Waals surface area contributed by atoms with Crippen molar-refractivity contribution in [2.75, 3.05) is 33.3 Å². The SMILES string of the molecule is CCN(CC(C)C(=O)O)C(=O)N(C)CCO. The molecule has 0 aromatic heterocycles. The van der Waals surface area contributed by atoms with Gasteiger partial charge in [-0.3, -0.25) is 4.79 Å². The van der Waals surface area contributed by atoms with E-state index in [1.807, 2.05) is 0 Å². The van der Waals surface area contributed by atoms with Crippen molar-refractivity contribution in [3.63, 3.8) is 0 Å². The molecule has 2 N–H and O–H groups in total. The molecule has 0 saturated heterocycles. The number of rotatable bonds is 6. The average molecular weight is 232 g/mol. The second kappa shape index (κ2) is 7.05. The monoisotopic (exact) mass is 232 g/mol. The Labute approximate surface area is 95.5 Å². The third kappa shape index (κ3) is 4.48. The first-order chi connectivity index (χ1) is 7.43. The second-order valence-corrected chi connectivity index (χ2v) is 3.71. The van der Waals surface area contributed by atoms with Crippen LogP contribution in [0.4, 0.5) is 4.79 Å². The molecule has 0 aliphatic heterocycles. The van der Waals surface area contributed by atoms with Gasteiger partial charge in [0.2, 0.25) is 0 Å². The first-order valence-corrected chi connectivity index (χ1v) is 5.27. The van der Waals surface area contributed by atoms with E-state index in [1.54, 1.807) is 20.9 Å². The van der Waals surface area contributed by atoms with E-state index in [4.69, 9.17) is 10.2 Å². The van der Waals surface area contributed by atoms with Gasteiger partial charge in [-0.05, 0) is 6.92 Å². The van der Waals surface area contributed by atoms with Crippen molar-refractivity contribution in [3.05, 3.63) is 0 Å². The Morgan fingerprint density at radius 2 is 1.94 bits per heavy atom.